The van der Waals surface area contributed by atoms with E-state index in [-0.39, 0.29) is 10.9 Å². The molecule has 2 aromatic rings. The molecular weight excluding hydrogens is 224 g/mol. The first-order chi connectivity index (χ1) is 7.18. The van der Waals surface area contributed by atoms with Gasteiger partial charge in [-0.2, -0.15) is 8.78 Å². The summed E-state index contributed by atoms with van der Waals surface area (Å²) in [6.07, 6.45) is 1.45. The first kappa shape index (κ1) is 10.1. The maximum absolute atomic E-state index is 12.1. The summed E-state index contributed by atoms with van der Waals surface area (Å²) in [5.74, 6) is 0.104. The molecule has 0 aliphatic heterocycles. The number of ether oxygens (including phenoxy) is 1. The zero-order valence-corrected chi connectivity index (χ0v) is 8.21. The highest BCUT2D eigenvalue weighted by molar-refractivity contribution is 6.34. The van der Waals surface area contributed by atoms with Crippen molar-refractivity contribution in [2.75, 3.05) is 0 Å². The first-order valence-corrected chi connectivity index (χ1v) is 4.54. The fourth-order valence-electron chi connectivity index (χ4n) is 1.34. The van der Waals surface area contributed by atoms with Gasteiger partial charge in [-0.1, -0.05) is 23.7 Å². The minimum atomic E-state index is -2.84. The van der Waals surface area contributed by atoms with Crippen LogP contribution in [0.25, 0.3) is 10.8 Å². The smallest absolute Gasteiger partial charge is 0.387 e. The van der Waals surface area contributed by atoms with E-state index < -0.39 is 6.61 Å². The van der Waals surface area contributed by atoms with E-state index >= 15 is 0 Å². The van der Waals surface area contributed by atoms with Crippen LogP contribution in [0.15, 0.2) is 30.5 Å². The van der Waals surface area contributed by atoms with Crippen LogP contribution in [-0.2, 0) is 0 Å². The summed E-state index contributed by atoms with van der Waals surface area (Å²) in [5, 5.41) is 1.39. The van der Waals surface area contributed by atoms with Crippen molar-refractivity contribution in [1.29, 1.82) is 0 Å². The molecule has 0 unspecified atom stereocenters. The van der Waals surface area contributed by atoms with Crippen molar-refractivity contribution in [3.8, 4) is 5.75 Å². The van der Waals surface area contributed by atoms with Crippen LogP contribution in [0.3, 0.4) is 0 Å². The minimum absolute atomic E-state index is 0.104. The van der Waals surface area contributed by atoms with E-state index in [1.54, 1.807) is 18.2 Å². The number of aromatic nitrogens is 1. The lowest BCUT2D eigenvalue weighted by atomic mass is 10.1. The summed E-state index contributed by atoms with van der Waals surface area (Å²) >= 11 is 5.81. The molecule has 0 atom stereocenters. The molecule has 0 amide bonds. The SMILES string of the molecule is FC(F)Oc1cccc2c(Cl)nccc12. The maximum atomic E-state index is 12.1. The molecule has 2 nitrogen and oxygen atoms in total. The molecule has 15 heavy (non-hydrogen) atoms. The third-order valence-corrected chi connectivity index (χ3v) is 2.23. The molecule has 0 fully saturated rings. The molecule has 1 aromatic heterocycles. The van der Waals surface area contributed by atoms with Crippen LogP contribution in [0.5, 0.6) is 5.75 Å². The van der Waals surface area contributed by atoms with Crippen molar-refractivity contribution in [3.63, 3.8) is 0 Å². The van der Waals surface area contributed by atoms with Crippen LogP contribution >= 0.6 is 11.6 Å². The number of alkyl halides is 2. The normalized spacial score (nSPS) is 10.9. The van der Waals surface area contributed by atoms with Gasteiger partial charge in [-0.05, 0) is 12.1 Å². The number of hydrogen-bond acceptors (Lipinski definition) is 2. The second kappa shape index (κ2) is 3.98. The van der Waals surface area contributed by atoms with Crippen LogP contribution in [0.4, 0.5) is 8.78 Å². The van der Waals surface area contributed by atoms with Gasteiger partial charge in [-0.3, -0.25) is 0 Å². The largest absolute Gasteiger partial charge is 0.434 e. The molecule has 0 aliphatic rings. The Kier molecular flexibility index (Phi) is 2.68. The van der Waals surface area contributed by atoms with E-state index in [9.17, 15) is 8.78 Å². The third-order valence-electron chi connectivity index (χ3n) is 1.93. The van der Waals surface area contributed by atoms with Gasteiger partial charge < -0.3 is 4.74 Å². The zero-order valence-electron chi connectivity index (χ0n) is 7.45. The first-order valence-electron chi connectivity index (χ1n) is 4.16. The minimum Gasteiger partial charge on any atom is -0.434 e. The highest BCUT2D eigenvalue weighted by Gasteiger charge is 2.09. The number of pyridine rings is 1. The van der Waals surface area contributed by atoms with E-state index in [1.165, 1.54) is 12.3 Å². The van der Waals surface area contributed by atoms with Gasteiger partial charge in [0.25, 0.3) is 0 Å². The molecule has 1 aromatic carbocycles. The second-order valence-electron chi connectivity index (χ2n) is 2.83. The lowest BCUT2D eigenvalue weighted by Gasteiger charge is -2.07. The average Bonchev–Trinajstić information content (AvgIpc) is 2.19. The fourth-order valence-corrected chi connectivity index (χ4v) is 1.56. The summed E-state index contributed by atoms with van der Waals surface area (Å²) in [5.41, 5.74) is 0. The Morgan fingerprint density at radius 2 is 2.00 bits per heavy atom. The van der Waals surface area contributed by atoms with E-state index in [0.29, 0.717) is 10.8 Å². The fraction of sp³-hybridized carbons (Fsp3) is 0.100. The molecular formula is C10H6ClF2NO. The van der Waals surface area contributed by atoms with Gasteiger partial charge in [0.05, 0.1) is 0 Å². The number of halogens is 3. The molecule has 0 N–H and O–H groups in total. The van der Waals surface area contributed by atoms with Crippen molar-refractivity contribution in [1.82, 2.24) is 4.98 Å². The highest BCUT2D eigenvalue weighted by atomic mass is 35.5. The molecule has 0 radical (unpaired) electrons. The second-order valence-corrected chi connectivity index (χ2v) is 3.19. The van der Waals surface area contributed by atoms with E-state index in [2.05, 4.69) is 9.72 Å². The molecule has 5 heteroatoms. The van der Waals surface area contributed by atoms with Gasteiger partial charge in [0, 0.05) is 17.0 Å². The van der Waals surface area contributed by atoms with E-state index in [1.807, 2.05) is 0 Å². The van der Waals surface area contributed by atoms with Gasteiger partial charge in [0.2, 0.25) is 0 Å². The Hall–Kier alpha value is -1.42. The summed E-state index contributed by atoms with van der Waals surface area (Å²) in [6, 6.07) is 6.33. The lowest BCUT2D eigenvalue weighted by molar-refractivity contribution is -0.0487. The summed E-state index contributed by atoms with van der Waals surface area (Å²) in [4.78, 5) is 3.85. The molecule has 0 aliphatic carbocycles. The number of hydrogen-bond donors (Lipinski definition) is 0. The van der Waals surface area contributed by atoms with Crippen molar-refractivity contribution in [2.24, 2.45) is 0 Å². The van der Waals surface area contributed by atoms with Crippen molar-refractivity contribution >= 4 is 22.4 Å². The molecule has 0 spiro atoms. The molecule has 2 rings (SSSR count). The van der Waals surface area contributed by atoms with Gasteiger partial charge in [-0.15, -0.1) is 0 Å². The van der Waals surface area contributed by atoms with Gasteiger partial charge in [-0.25, -0.2) is 4.98 Å². The maximum Gasteiger partial charge on any atom is 0.387 e. The topological polar surface area (TPSA) is 22.1 Å². The predicted octanol–water partition coefficient (Wildman–Crippen LogP) is 3.49. The summed E-state index contributed by atoms with van der Waals surface area (Å²) in [7, 11) is 0. The molecule has 0 bridgehead atoms. The number of fused-ring (bicyclic) bond motifs is 1. The van der Waals surface area contributed by atoms with Gasteiger partial charge >= 0.3 is 6.61 Å². The molecule has 78 valence electrons. The molecule has 0 saturated heterocycles. The lowest BCUT2D eigenvalue weighted by Crippen LogP contribution is -2.02. The van der Waals surface area contributed by atoms with Crippen molar-refractivity contribution in [2.45, 2.75) is 6.61 Å². The summed E-state index contributed by atoms with van der Waals surface area (Å²) < 4.78 is 28.5. The van der Waals surface area contributed by atoms with Gasteiger partial charge in [0.1, 0.15) is 10.9 Å². The Bertz CT molecular complexity index is 490. The number of rotatable bonds is 2. The van der Waals surface area contributed by atoms with Gasteiger partial charge in [0.15, 0.2) is 0 Å². The standard InChI is InChI=1S/C10H6ClF2NO/c11-9-7-2-1-3-8(15-10(12)13)6(7)4-5-14-9/h1-5,10H. The summed E-state index contributed by atoms with van der Waals surface area (Å²) in [6.45, 7) is -2.84. The quantitative estimate of drug-likeness (QED) is 0.736. The zero-order chi connectivity index (χ0) is 10.8. The molecule has 1 heterocycles. The third kappa shape index (κ3) is 1.99. The van der Waals surface area contributed by atoms with Crippen LogP contribution in [0.2, 0.25) is 5.15 Å². The van der Waals surface area contributed by atoms with Crippen molar-refractivity contribution < 1.29 is 13.5 Å². The predicted molar refractivity (Wildman–Crippen MR) is 53.4 cm³/mol. The van der Waals surface area contributed by atoms with Crippen LogP contribution in [0.1, 0.15) is 0 Å². The van der Waals surface area contributed by atoms with E-state index in [0.717, 1.165) is 0 Å². The number of benzene rings is 1. The highest BCUT2D eigenvalue weighted by Crippen LogP contribution is 2.29. The van der Waals surface area contributed by atoms with E-state index in [4.69, 9.17) is 11.6 Å². The Balaban J connectivity index is 2.61. The Morgan fingerprint density at radius 3 is 2.73 bits per heavy atom. The average molecular weight is 230 g/mol. The Morgan fingerprint density at radius 1 is 1.20 bits per heavy atom. The van der Waals surface area contributed by atoms with Crippen LogP contribution in [-0.4, -0.2) is 11.6 Å². The van der Waals surface area contributed by atoms with Crippen LogP contribution in [0, 0.1) is 0 Å². The molecule has 0 saturated carbocycles. The monoisotopic (exact) mass is 229 g/mol. The number of nitrogens with zero attached hydrogens (tertiary/aromatic N) is 1. The van der Waals surface area contributed by atoms with Crippen LogP contribution < -0.4 is 4.74 Å². The van der Waals surface area contributed by atoms with Crippen molar-refractivity contribution in [3.05, 3.63) is 35.6 Å². The Labute approximate surface area is 89.4 Å².